The summed E-state index contributed by atoms with van der Waals surface area (Å²) in [5.74, 6) is 0.737. The summed E-state index contributed by atoms with van der Waals surface area (Å²) in [6.45, 7) is 6.85. The third kappa shape index (κ3) is 3.48. The summed E-state index contributed by atoms with van der Waals surface area (Å²) in [7, 11) is 0. The molecule has 0 radical (unpaired) electrons. The maximum Gasteiger partial charge on any atom is 0.180 e. The first kappa shape index (κ1) is 14.4. The first-order chi connectivity index (χ1) is 9.11. The average Bonchev–Trinajstić information content (AvgIpc) is 2.86. The highest BCUT2D eigenvalue weighted by Gasteiger charge is 2.20. The van der Waals surface area contributed by atoms with Crippen LogP contribution in [0.1, 0.15) is 35.7 Å². The van der Waals surface area contributed by atoms with Crippen molar-refractivity contribution in [2.24, 2.45) is 0 Å². The molecule has 1 aliphatic heterocycles. The second-order valence-electron chi connectivity index (χ2n) is 4.94. The highest BCUT2D eigenvalue weighted by atomic mass is 35.5. The molecule has 0 unspecified atom stereocenters. The van der Waals surface area contributed by atoms with E-state index in [1.807, 2.05) is 19.9 Å². The Labute approximate surface area is 119 Å². The second kappa shape index (κ2) is 6.40. The van der Waals surface area contributed by atoms with Crippen LogP contribution in [0.2, 0.25) is 5.02 Å². The SMILES string of the molecule is CCOc1cc(C)c(Cl)cc1C(=O)CN1CCCC1. The lowest BCUT2D eigenvalue weighted by atomic mass is 10.1. The van der Waals surface area contributed by atoms with Gasteiger partial charge in [-0.25, -0.2) is 0 Å². The molecule has 1 heterocycles. The van der Waals surface area contributed by atoms with Crippen LogP contribution >= 0.6 is 11.6 Å². The Morgan fingerprint density at radius 1 is 1.37 bits per heavy atom. The number of ether oxygens (including phenoxy) is 1. The van der Waals surface area contributed by atoms with E-state index in [9.17, 15) is 4.79 Å². The van der Waals surface area contributed by atoms with E-state index >= 15 is 0 Å². The molecule has 4 heteroatoms. The van der Waals surface area contributed by atoms with E-state index in [0.717, 1.165) is 18.7 Å². The molecule has 2 rings (SSSR count). The number of benzene rings is 1. The van der Waals surface area contributed by atoms with Gasteiger partial charge in [-0.3, -0.25) is 9.69 Å². The zero-order chi connectivity index (χ0) is 13.8. The maximum atomic E-state index is 12.4. The highest BCUT2D eigenvalue weighted by Crippen LogP contribution is 2.27. The monoisotopic (exact) mass is 281 g/mol. The Hall–Kier alpha value is -1.06. The van der Waals surface area contributed by atoms with Crippen molar-refractivity contribution in [3.63, 3.8) is 0 Å². The number of likely N-dealkylation sites (tertiary alicyclic amines) is 1. The second-order valence-corrected chi connectivity index (χ2v) is 5.34. The van der Waals surface area contributed by atoms with Gasteiger partial charge in [-0.05, 0) is 57.5 Å². The zero-order valence-corrected chi connectivity index (χ0v) is 12.3. The van der Waals surface area contributed by atoms with Gasteiger partial charge in [-0.15, -0.1) is 0 Å². The van der Waals surface area contributed by atoms with Crippen LogP contribution in [-0.4, -0.2) is 36.9 Å². The molecular weight excluding hydrogens is 262 g/mol. The topological polar surface area (TPSA) is 29.5 Å². The lowest BCUT2D eigenvalue weighted by molar-refractivity contribution is 0.0941. The smallest absolute Gasteiger partial charge is 0.180 e. The highest BCUT2D eigenvalue weighted by molar-refractivity contribution is 6.31. The number of aryl methyl sites for hydroxylation is 1. The predicted octanol–water partition coefficient (Wildman–Crippen LogP) is 3.33. The molecule has 0 atom stereocenters. The van der Waals surface area contributed by atoms with Crippen molar-refractivity contribution in [2.75, 3.05) is 26.2 Å². The minimum atomic E-state index is 0.0900. The molecule has 0 spiro atoms. The first-order valence-electron chi connectivity index (χ1n) is 6.80. The van der Waals surface area contributed by atoms with Crippen molar-refractivity contribution in [2.45, 2.75) is 26.7 Å². The number of hydrogen-bond donors (Lipinski definition) is 0. The number of Topliss-reactive ketones (excluding diaryl/α,β-unsaturated/α-hetero) is 1. The van der Waals surface area contributed by atoms with Crippen molar-refractivity contribution in [3.8, 4) is 5.75 Å². The standard InChI is InChI=1S/C15H20ClNO2/c1-3-19-15-8-11(2)13(16)9-12(15)14(18)10-17-6-4-5-7-17/h8-9H,3-7,10H2,1-2H3. The molecule has 1 saturated heterocycles. The van der Waals surface area contributed by atoms with Gasteiger partial charge in [0, 0.05) is 5.02 Å². The predicted molar refractivity (Wildman–Crippen MR) is 77.4 cm³/mol. The minimum Gasteiger partial charge on any atom is -0.493 e. The summed E-state index contributed by atoms with van der Waals surface area (Å²) in [6, 6.07) is 3.59. The third-order valence-corrected chi connectivity index (χ3v) is 3.83. The number of carbonyl (C=O) groups is 1. The van der Waals surface area contributed by atoms with Crippen LogP contribution in [-0.2, 0) is 0 Å². The lowest BCUT2D eigenvalue weighted by Crippen LogP contribution is -2.27. The number of halogens is 1. The van der Waals surface area contributed by atoms with E-state index < -0.39 is 0 Å². The van der Waals surface area contributed by atoms with Gasteiger partial charge in [-0.2, -0.15) is 0 Å². The average molecular weight is 282 g/mol. The summed E-state index contributed by atoms with van der Waals surface area (Å²) < 4.78 is 5.56. The Kier molecular flexibility index (Phi) is 4.83. The van der Waals surface area contributed by atoms with E-state index in [4.69, 9.17) is 16.3 Å². The fraction of sp³-hybridized carbons (Fsp3) is 0.533. The molecule has 0 bridgehead atoms. The van der Waals surface area contributed by atoms with Crippen LogP contribution in [0.4, 0.5) is 0 Å². The van der Waals surface area contributed by atoms with Crippen LogP contribution in [0.5, 0.6) is 5.75 Å². The van der Waals surface area contributed by atoms with Crippen LogP contribution in [0, 0.1) is 6.92 Å². The van der Waals surface area contributed by atoms with Crippen LogP contribution in [0.15, 0.2) is 12.1 Å². The van der Waals surface area contributed by atoms with Crippen LogP contribution in [0.3, 0.4) is 0 Å². The van der Waals surface area contributed by atoms with Gasteiger partial charge in [0.2, 0.25) is 0 Å². The van der Waals surface area contributed by atoms with E-state index in [2.05, 4.69) is 4.90 Å². The summed E-state index contributed by atoms with van der Waals surface area (Å²) >= 11 is 6.13. The minimum absolute atomic E-state index is 0.0900. The quantitative estimate of drug-likeness (QED) is 0.776. The molecule has 19 heavy (non-hydrogen) atoms. The molecule has 0 aliphatic carbocycles. The van der Waals surface area contributed by atoms with E-state index in [1.165, 1.54) is 12.8 Å². The Morgan fingerprint density at radius 3 is 2.68 bits per heavy atom. The lowest BCUT2D eigenvalue weighted by Gasteiger charge is -2.16. The number of nitrogens with zero attached hydrogens (tertiary/aromatic N) is 1. The molecule has 3 nitrogen and oxygen atoms in total. The number of ketones is 1. The van der Waals surface area contributed by atoms with Crippen molar-refractivity contribution in [1.82, 2.24) is 4.90 Å². The summed E-state index contributed by atoms with van der Waals surface area (Å²) in [6.07, 6.45) is 2.36. The van der Waals surface area contributed by atoms with Crippen molar-refractivity contribution in [1.29, 1.82) is 0 Å². The first-order valence-corrected chi connectivity index (χ1v) is 7.18. The maximum absolute atomic E-state index is 12.4. The molecule has 0 amide bonds. The van der Waals surface area contributed by atoms with E-state index in [1.54, 1.807) is 6.07 Å². The fourth-order valence-corrected chi connectivity index (χ4v) is 2.54. The summed E-state index contributed by atoms with van der Waals surface area (Å²) in [4.78, 5) is 14.6. The normalized spacial score (nSPS) is 15.7. The molecule has 104 valence electrons. The van der Waals surface area contributed by atoms with Crippen molar-refractivity contribution < 1.29 is 9.53 Å². The Balaban J connectivity index is 2.20. The number of rotatable bonds is 5. The van der Waals surface area contributed by atoms with Gasteiger partial charge in [0.05, 0.1) is 18.7 Å². The summed E-state index contributed by atoms with van der Waals surface area (Å²) in [5, 5.41) is 0.619. The number of carbonyl (C=O) groups excluding carboxylic acids is 1. The van der Waals surface area contributed by atoms with Gasteiger partial charge in [0.25, 0.3) is 0 Å². The molecule has 1 aliphatic rings. The molecular formula is C15H20ClNO2. The van der Waals surface area contributed by atoms with E-state index in [0.29, 0.717) is 29.5 Å². The van der Waals surface area contributed by atoms with Gasteiger partial charge < -0.3 is 4.74 Å². The molecule has 0 aromatic heterocycles. The molecule has 0 N–H and O–H groups in total. The summed E-state index contributed by atoms with van der Waals surface area (Å²) in [5.41, 5.74) is 1.53. The molecule has 0 saturated carbocycles. The Bertz CT molecular complexity index is 467. The molecule has 1 aromatic carbocycles. The van der Waals surface area contributed by atoms with Gasteiger partial charge >= 0.3 is 0 Å². The van der Waals surface area contributed by atoms with Gasteiger partial charge in [0.15, 0.2) is 5.78 Å². The van der Waals surface area contributed by atoms with Crippen molar-refractivity contribution in [3.05, 3.63) is 28.3 Å². The molecule has 1 fully saturated rings. The van der Waals surface area contributed by atoms with Gasteiger partial charge in [0.1, 0.15) is 5.75 Å². The molecule has 1 aromatic rings. The van der Waals surface area contributed by atoms with Crippen LogP contribution < -0.4 is 4.74 Å². The van der Waals surface area contributed by atoms with Crippen molar-refractivity contribution >= 4 is 17.4 Å². The van der Waals surface area contributed by atoms with Gasteiger partial charge in [-0.1, -0.05) is 11.6 Å². The van der Waals surface area contributed by atoms with E-state index in [-0.39, 0.29) is 5.78 Å². The largest absolute Gasteiger partial charge is 0.493 e. The fourth-order valence-electron chi connectivity index (χ4n) is 2.38. The van der Waals surface area contributed by atoms with Crippen LogP contribution in [0.25, 0.3) is 0 Å². The number of hydrogen-bond acceptors (Lipinski definition) is 3. The Morgan fingerprint density at radius 2 is 2.05 bits per heavy atom. The third-order valence-electron chi connectivity index (χ3n) is 3.43. The zero-order valence-electron chi connectivity index (χ0n) is 11.5.